The molecular weight excluding hydrogens is 700 g/mol. The first-order valence-electron chi connectivity index (χ1n) is 19.9. The van der Waals surface area contributed by atoms with Crippen LogP contribution < -0.4 is 56.5 Å². The maximum atomic E-state index is 12.3. The van der Waals surface area contributed by atoms with Gasteiger partial charge in [-0.25, -0.2) is 0 Å². The van der Waals surface area contributed by atoms with Crippen molar-refractivity contribution in [3.63, 3.8) is 0 Å². The van der Waals surface area contributed by atoms with Crippen molar-refractivity contribution in [3.05, 3.63) is 35.5 Å². The SMILES string of the molecule is C[C@]12CCC(=O)C=C1C=C[C@@H]1[C@@H]2CC[C@@]2(C)[C@H]1CC[C@@]2(O)CCC(=O)[O-].C[C@]12CCC(=O)C=C1CC[C@@H]1[C@@H]2[C@@H](O)C[C@]2(C=O)[C@@H](C(=O)CO)CC[C@@H]12.[K+]. The summed E-state index contributed by atoms with van der Waals surface area (Å²) in [5.74, 6) is 0.203. The summed E-state index contributed by atoms with van der Waals surface area (Å²) in [5.41, 5.74) is 0.233. The van der Waals surface area contributed by atoms with E-state index in [-0.39, 0.29) is 109 Å². The van der Waals surface area contributed by atoms with Gasteiger partial charge in [0, 0.05) is 30.1 Å². The maximum absolute atomic E-state index is 12.3. The molecule has 8 aliphatic rings. The van der Waals surface area contributed by atoms with E-state index in [0.717, 1.165) is 63.2 Å². The van der Waals surface area contributed by atoms with Crippen molar-refractivity contribution in [2.45, 2.75) is 129 Å². The first kappa shape index (κ1) is 41.5. The van der Waals surface area contributed by atoms with Crippen molar-refractivity contribution >= 4 is 29.6 Å². The molecule has 5 fully saturated rings. The van der Waals surface area contributed by atoms with E-state index in [2.05, 4.69) is 32.9 Å². The molecule has 5 saturated carbocycles. The van der Waals surface area contributed by atoms with Crippen LogP contribution in [0.25, 0.3) is 0 Å². The van der Waals surface area contributed by atoms with Crippen molar-refractivity contribution < 1.29 is 95.8 Å². The third-order valence-corrected chi connectivity index (χ3v) is 16.8. The normalized spacial score (nSPS) is 46.3. The van der Waals surface area contributed by atoms with Crippen molar-refractivity contribution in [3.8, 4) is 0 Å². The van der Waals surface area contributed by atoms with E-state index in [1.165, 1.54) is 5.57 Å². The second-order valence-corrected chi connectivity index (χ2v) is 18.7. The number of aliphatic hydroxyl groups is 3. The third-order valence-electron chi connectivity index (χ3n) is 16.8. The number of aliphatic carboxylic acids is 1. The van der Waals surface area contributed by atoms with Gasteiger partial charge in [-0.15, -0.1) is 0 Å². The number of rotatable bonds is 6. The number of Topliss-reactive ketones (excluding diaryl/α,β-unsaturated/α-hetero) is 1. The number of allylic oxidation sites excluding steroid dienone is 5. The van der Waals surface area contributed by atoms with Gasteiger partial charge in [-0.05, 0) is 153 Å². The Morgan fingerprint density at radius 1 is 0.887 bits per heavy atom. The first-order chi connectivity index (χ1) is 24.6. The van der Waals surface area contributed by atoms with Gasteiger partial charge in [-0.2, -0.15) is 0 Å². The van der Waals surface area contributed by atoms with Crippen LogP contribution in [0.3, 0.4) is 0 Å². The van der Waals surface area contributed by atoms with E-state index in [1.54, 1.807) is 6.08 Å². The number of aldehydes is 1. The number of fused-ring (bicyclic) bond motifs is 10. The molecule has 0 aromatic carbocycles. The van der Waals surface area contributed by atoms with Crippen LogP contribution in [0.2, 0.25) is 0 Å². The minimum atomic E-state index is -1.08. The summed E-state index contributed by atoms with van der Waals surface area (Å²) >= 11 is 0. The van der Waals surface area contributed by atoms with E-state index in [9.17, 15) is 44.4 Å². The van der Waals surface area contributed by atoms with E-state index < -0.39 is 35.6 Å². The molecule has 53 heavy (non-hydrogen) atoms. The zero-order chi connectivity index (χ0) is 37.4. The molecule has 8 rings (SSSR count). The van der Waals surface area contributed by atoms with Crippen LogP contribution in [-0.2, 0) is 24.0 Å². The molecule has 284 valence electrons. The summed E-state index contributed by atoms with van der Waals surface area (Å²) in [6.07, 6.45) is 18.4. The Kier molecular flexibility index (Phi) is 11.7. The van der Waals surface area contributed by atoms with E-state index >= 15 is 0 Å². The van der Waals surface area contributed by atoms with E-state index in [1.807, 2.05) is 6.08 Å². The fraction of sp³-hybridized carbons (Fsp3) is 0.744. The monoisotopic (exact) mass is 756 g/mol. The molecule has 0 aromatic rings. The molecule has 0 saturated heterocycles. The number of carbonyl (C=O) groups is 5. The molecular formula is C43H57KO9. The minimum absolute atomic E-state index is 0. The summed E-state index contributed by atoms with van der Waals surface area (Å²) < 4.78 is 0. The van der Waals surface area contributed by atoms with Crippen LogP contribution in [0, 0.1) is 63.1 Å². The van der Waals surface area contributed by atoms with Crippen LogP contribution in [0.5, 0.6) is 0 Å². The Bertz CT molecular complexity index is 1630. The Morgan fingerprint density at radius 2 is 1.57 bits per heavy atom. The predicted octanol–water partition coefficient (Wildman–Crippen LogP) is 1.41. The number of carboxylic acids is 1. The molecule has 0 heterocycles. The topological polar surface area (TPSA) is 169 Å². The standard InChI is InChI=1S/C22H30O4.C21H28O5.K/c1-20-9-5-15(23)13-14(20)3-4-16-17(20)6-10-21(2)18(16)7-11-22(21,26)12-8-19(24)25;1-20-7-6-13(24)8-12(20)2-3-14-15-4-5-16(18(26)10-22)21(15,11-23)9-17(25)19(14)20;/h3-4,13,16-18,26H,5-12H2,1-2H3,(H,24,25);8,11,14-17,19,22,25H,2-7,9-10H2,1H3;/q;;+1/p-1/t16-,17+,18+,20+,21+,22-;14-,15-,16+,17-,19+,20-,21+;/m10./s1. The van der Waals surface area contributed by atoms with Crippen molar-refractivity contribution in [2.75, 3.05) is 6.61 Å². The molecule has 0 aliphatic heterocycles. The average molecular weight is 757 g/mol. The van der Waals surface area contributed by atoms with Gasteiger partial charge in [0.1, 0.15) is 12.9 Å². The minimum Gasteiger partial charge on any atom is -0.550 e. The molecule has 13 atom stereocenters. The smallest absolute Gasteiger partial charge is 0.550 e. The number of hydrogen-bond donors (Lipinski definition) is 3. The molecule has 9 nitrogen and oxygen atoms in total. The van der Waals surface area contributed by atoms with E-state index in [4.69, 9.17) is 0 Å². The Morgan fingerprint density at radius 3 is 2.25 bits per heavy atom. The quantitative estimate of drug-likeness (QED) is 0.268. The van der Waals surface area contributed by atoms with Gasteiger partial charge in [-0.1, -0.05) is 38.5 Å². The molecule has 0 amide bonds. The van der Waals surface area contributed by atoms with Gasteiger partial charge >= 0.3 is 51.4 Å². The van der Waals surface area contributed by atoms with Gasteiger partial charge in [-0.3, -0.25) is 14.4 Å². The molecule has 0 aromatic heterocycles. The van der Waals surface area contributed by atoms with Crippen LogP contribution in [-0.4, -0.2) is 63.2 Å². The van der Waals surface area contributed by atoms with Crippen LogP contribution >= 0.6 is 0 Å². The number of aliphatic hydroxyl groups excluding tert-OH is 2. The number of carbonyl (C=O) groups excluding carboxylic acids is 5. The zero-order valence-corrected chi connectivity index (χ0v) is 35.2. The van der Waals surface area contributed by atoms with Crippen molar-refractivity contribution in [1.82, 2.24) is 0 Å². The van der Waals surface area contributed by atoms with Gasteiger partial charge in [0.05, 0.1) is 11.7 Å². The summed E-state index contributed by atoms with van der Waals surface area (Å²) in [7, 11) is 0. The molecule has 8 aliphatic carbocycles. The maximum Gasteiger partial charge on any atom is 1.00 e. The van der Waals surface area contributed by atoms with Crippen molar-refractivity contribution in [1.29, 1.82) is 0 Å². The van der Waals surface area contributed by atoms with Gasteiger partial charge in [0.25, 0.3) is 0 Å². The molecule has 10 heteroatoms. The fourth-order valence-electron chi connectivity index (χ4n) is 14.0. The number of carboxylic acid groups (broad SMARTS) is 1. The van der Waals surface area contributed by atoms with Crippen LogP contribution in [0.1, 0.15) is 117 Å². The molecule has 0 spiro atoms. The van der Waals surface area contributed by atoms with Gasteiger partial charge in [0.15, 0.2) is 17.3 Å². The number of hydrogen-bond acceptors (Lipinski definition) is 9. The molecule has 0 radical (unpaired) electrons. The number of ketones is 3. The summed E-state index contributed by atoms with van der Waals surface area (Å²) in [6, 6.07) is 0. The molecule has 0 bridgehead atoms. The van der Waals surface area contributed by atoms with Crippen LogP contribution in [0.4, 0.5) is 0 Å². The summed E-state index contributed by atoms with van der Waals surface area (Å²) in [4.78, 5) is 59.2. The molecule has 0 unspecified atom stereocenters. The average Bonchev–Trinajstić information content (AvgIpc) is 3.62. The van der Waals surface area contributed by atoms with Gasteiger partial charge in [0.2, 0.25) is 0 Å². The zero-order valence-electron chi connectivity index (χ0n) is 32.1. The second kappa shape index (κ2) is 15.0. The fourth-order valence-corrected chi connectivity index (χ4v) is 14.0. The first-order valence-corrected chi connectivity index (χ1v) is 19.9. The second-order valence-electron chi connectivity index (χ2n) is 18.7. The van der Waals surface area contributed by atoms with Crippen LogP contribution in [0.15, 0.2) is 35.5 Å². The van der Waals surface area contributed by atoms with E-state index in [0.29, 0.717) is 56.3 Å². The summed E-state index contributed by atoms with van der Waals surface area (Å²) in [6.45, 7) is 6.11. The van der Waals surface area contributed by atoms with Crippen molar-refractivity contribution in [2.24, 2.45) is 63.1 Å². The Balaban J connectivity index is 0.000000178. The largest absolute Gasteiger partial charge is 1.00 e. The Labute approximate surface area is 356 Å². The summed E-state index contributed by atoms with van der Waals surface area (Å²) in [5, 5.41) is 42.8. The molecule has 3 N–H and O–H groups in total. The van der Waals surface area contributed by atoms with Gasteiger partial charge < -0.3 is 30.0 Å². The predicted molar refractivity (Wildman–Crippen MR) is 190 cm³/mol. The third kappa shape index (κ3) is 6.49. The Hall–Kier alpha value is -1.11.